The first-order valence-electron chi connectivity index (χ1n) is 4.28. The largest absolute Gasteiger partial charge is 0.416 e. The number of carbonyl (C=O) groups is 1. The molecule has 0 saturated carbocycles. The minimum Gasteiger partial charge on any atom is -0.298 e. The van der Waals surface area contributed by atoms with Gasteiger partial charge in [-0.3, -0.25) is 4.79 Å². The van der Waals surface area contributed by atoms with Crippen LogP contribution in [0.5, 0.6) is 0 Å². The number of rotatable bonds is 3. The predicted octanol–water partition coefficient (Wildman–Crippen LogP) is 3.63. The summed E-state index contributed by atoms with van der Waals surface area (Å²) in [6, 6.07) is 3.21. The highest BCUT2D eigenvalue weighted by atomic mass is 32.2. The van der Waals surface area contributed by atoms with E-state index in [1.165, 1.54) is 17.8 Å². The summed E-state index contributed by atoms with van der Waals surface area (Å²) in [5, 5.41) is 0. The quantitative estimate of drug-likeness (QED) is 0.586. The minimum absolute atomic E-state index is 0.0941. The molecular weight excluding hydrogens is 225 g/mol. The van der Waals surface area contributed by atoms with Crippen molar-refractivity contribution < 1.29 is 18.0 Å². The summed E-state index contributed by atoms with van der Waals surface area (Å²) in [4.78, 5) is 11.2. The summed E-state index contributed by atoms with van der Waals surface area (Å²) >= 11 is 1.35. The smallest absolute Gasteiger partial charge is 0.298 e. The lowest BCUT2D eigenvalue weighted by molar-refractivity contribution is -0.137. The van der Waals surface area contributed by atoms with Crippen molar-refractivity contribution in [1.82, 2.24) is 0 Å². The van der Waals surface area contributed by atoms with E-state index in [-0.39, 0.29) is 5.56 Å². The first-order chi connectivity index (χ1) is 6.99. The maximum atomic E-state index is 12.3. The highest BCUT2D eigenvalue weighted by Gasteiger charge is 2.30. The number of thioether (sulfide) groups is 1. The van der Waals surface area contributed by atoms with Crippen LogP contribution in [0.3, 0.4) is 0 Å². The maximum Gasteiger partial charge on any atom is 0.416 e. The molecule has 0 aromatic heterocycles. The third-order valence-electron chi connectivity index (χ3n) is 1.76. The van der Waals surface area contributed by atoms with Gasteiger partial charge in [0.25, 0.3) is 0 Å². The van der Waals surface area contributed by atoms with Crippen molar-refractivity contribution in [2.24, 2.45) is 0 Å². The van der Waals surface area contributed by atoms with Crippen LogP contribution >= 0.6 is 11.8 Å². The van der Waals surface area contributed by atoms with Gasteiger partial charge in [-0.15, -0.1) is 11.8 Å². The lowest BCUT2D eigenvalue weighted by Gasteiger charge is -2.09. The molecule has 1 aromatic rings. The molecule has 82 valence electrons. The van der Waals surface area contributed by atoms with Crippen LogP contribution in [0.1, 0.15) is 22.8 Å². The van der Waals surface area contributed by atoms with Gasteiger partial charge in [0, 0.05) is 10.5 Å². The van der Waals surface area contributed by atoms with E-state index in [9.17, 15) is 18.0 Å². The van der Waals surface area contributed by atoms with Crippen molar-refractivity contribution in [3.63, 3.8) is 0 Å². The van der Waals surface area contributed by atoms with Crippen LogP contribution in [0, 0.1) is 0 Å². The summed E-state index contributed by atoms with van der Waals surface area (Å²) < 4.78 is 36.9. The fourth-order valence-electron chi connectivity index (χ4n) is 1.10. The van der Waals surface area contributed by atoms with Gasteiger partial charge in [0.05, 0.1) is 5.56 Å². The van der Waals surface area contributed by atoms with Crippen LogP contribution in [0.25, 0.3) is 0 Å². The molecule has 0 fully saturated rings. The fourth-order valence-corrected chi connectivity index (χ4v) is 1.85. The van der Waals surface area contributed by atoms with E-state index in [0.717, 1.165) is 12.1 Å². The minimum atomic E-state index is -4.40. The Hall–Kier alpha value is -0.970. The van der Waals surface area contributed by atoms with Crippen LogP contribution < -0.4 is 0 Å². The van der Waals surface area contributed by atoms with E-state index in [0.29, 0.717) is 16.9 Å². The molecule has 0 amide bonds. The molecule has 0 bridgehead atoms. The Morgan fingerprint density at radius 3 is 2.53 bits per heavy atom. The summed E-state index contributed by atoms with van der Waals surface area (Å²) in [5.74, 6) is 0.714. The van der Waals surface area contributed by atoms with Crippen LogP contribution in [0.15, 0.2) is 23.1 Å². The number of hydrogen-bond donors (Lipinski definition) is 0. The zero-order valence-corrected chi connectivity index (χ0v) is 8.78. The molecule has 0 radical (unpaired) electrons. The zero-order chi connectivity index (χ0) is 11.5. The highest BCUT2D eigenvalue weighted by Crippen LogP contribution is 2.32. The van der Waals surface area contributed by atoms with Crippen LogP contribution in [-0.2, 0) is 6.18 Å². The number of aldehydes is 1. The maximum absolute atomic E-state index is 12.3. The summed E-state index contributed by atoms with van der Waals surface area (Å²) in [6.45, 7) is 1.87. The van der Waals surface area contributed by atoms with Crippen molar-refractivity contribution in [1.29, 1.82) is 0 Å². The molecule has 0 saturated heterocycles. The fraction of sp³-hybridized carbons (Fsp3) is 0.300. The topological polar surface area (TPSA) is 17.1 Å². The van der Waals surface area contributed by atoms with Crippen LogP contribution in [0.4, 0.5) is 13.2 Å². The predicted molar refractivity (Wildman–Crippen MR) is 53.2 cm³/mol. The third kappa shape index (κ3) is 2.99. The van der Waals surface area contributed by atoms with Gasteiger partial charge in [0.1, 0.15) is 0 Å². The van der Waals surface area contributed by atoms with E-state index in [1.807, 2.05) is 6.92 Å². The molecule has 0 atom stereocenters. The Kier molecular flexibility index (Phi) is 3.79. The van der Waals surface area contributed by atoms with E-state index in [2.05, 4.69) is 0 Å². The molecule has 5 heteroatoms. The monoisotopic (exact) mass is 234 g/mol. The van der Waals surface area contributed by atoms with E-state index < -0.39 is 11.7 Å². The van der Waals surface area contributed by atoms with E-state index in [4.69, 9.17) is 0 Å². The van der Waals surface area contributed by atoms with Crippen molar-refractivity contribution in [2.75, 3.05) is 5.75 Å². The van der Waals surface area contributed by atoms with Gasteiger partial charge in [0.15, 0.2) is 6.29 Å². The van der Waals surface area contributed by atoms with Crippen molar-refractivity contribution in [3.8, 4) is 0 Å². The van der Waals surface area contributed by atoms with E-state index in [1.54, 1.807) is 0 Å². The van der Waals surface area contributed by atoms with Gasteiger partial charge < -0.3 is 0 Å². The molecule has 1 rings (SSSR count). The van der Waals surface area contributed by atoms with Gasteiger partial charge in [0.2, 0.25) is 0 Å². The second-order valence-corrected chi connectivity index (χ2v) is 4.11. The summed E-state index contributed by atoms with van der Waals surface area (Å²) in [6.07, 6.45) is -3.94. The second kappa shape index (κ2) is 4.70. The molecule has 1 aromatic carbocycles. The number of carbonyl (C=O) groups excluding carboxylic acids is 1. The van der Waals surface area contributed by atoms with Gasteiger partial charge in [-0.1, -0.05) is 6.92 Å². The van der Waals surface area contributed by atoms with E-state index >= 15 is 0 Å². The van der Waals surface area contributed by atoms with Crippen LogP contribution in [-0.4, -0.2) is 12.0 Å². The Morgan fingerprint density at radius 2 is 2.07 bits per heavy atom. The number of benzene rings is 1. The first kappa shape index (κ1) is 12.1. The highest BCUT2D eigenvalue weighted by molar-refractivity contribution is 7.99. The molecule has 1 nitrogen and oxygen atoms in total. The molecule has 0 spiro atoms. The molecule has 0 unspecified atom stereocenters. The van der Waals surface area contributed by atoms with Crippen molar-refractivity contribution in [2.45, 2.75) is 18.0 Å². The number of hydrogen-bond acceptors (Lipinski definition) is 2. The standard InChI is InChI=1S/C10H9F3OS/c1-2-15-9-4-3-8(10(11,12)13)5-7(9)6-14/h3-6H,2H2,1H3. The third-order valence-corrected chi connectivity index (χ3v) is 2.74. The molecular formula is C10H9F3OS. The van der Waals surface area contributed by atoms with Gasteiger partial charge in [-0.05, 0) is 24.0 Å². The zero-order valence-electron chi connectivity index (χ0n) is 7.97. The Labute approximate surface area is 89.7 Å². The lowest BCUT2D eigenvalue weighted by Crippen LogP contribution is -2.05. The average Bonchev–Trinajstić information content (AvgIpc) is 2.17. The molecule has 0 aliphatic rings. The summed E-state index contributed by atoms with van der Waals surface area (Å²) in [7, 11) is 0. The summed E-state index contributed by atoms with van der Waals surface area (Å²) in [5.41, 5.74) is -0.693. The van der Waals surface area contributed by atoms with Crippen molar-refractivity contribution in [3.05, 3.63) is 29.3 Å². The normalized spacial score (nSPS) is 11.5. The Morgan fingerprint density at radius 1 is 1.40 bits per heavy atom. The van der Waals surface area contributed by atoms with Gasteiger partial charge in [-0.25, -0.2) is 0 Å². The molecule has 15 heavy (non-hydrogen) atoms. The molecule has 0 heterocycles. The molecule has 0 aliphatic carbocycles. The molecule has 0 aliphatic heterocycles. The first-order valence-corrected chi connectivity index (χ1v) is 5.26. The lowest BCUT2D eigenvalue weighted by atomic mass is 10.1. The SMILES string of the molecule is CCSc1ccc(C(F)(F)F)cc1C=O. The van der Waals surface area contributed by atoms with Gasteiger partial charge in [-0.2, -0.15) is 13.2 Å². The number of halogens is 3. The van der Waals surface area contributed by atoms with Crippen molar-refractivity contribution >= 4 is 18.0 Å². The van der Waals surface area contributed by atoms with Crippen LogP contribution in [0.2, 0.25) is 0 Å². The number of alkyl halides is 3. The second-order valence-electron chi connectivity index (χ2n) is 2.80. The average molecular weight is 234 g/mol. The molecule has 0 N–H and O–H groups in total. The Bertz CT molecular complexity index is 360. The Balaban J connectivity index is 3.13. The van der Waals surface area contributed by atoms with Gasteiger partial charge >= 0.3 is 6.18 Å².